The van der Waals surface area contributed by atoms with Crippen LogP contribution in [0, 0.1) is 0 Å². The van der Waals surface area contributed by atoms with E-state index in [0.717, 1.165) is 17.2 Å². The molecule has 8 heteroatoms. The van der Waals surface area contributed by atoms with E-state index in [1.165, 1.54) is 0 Å². The topological polar surface area (TPSA) is 82.1 Å². The molecule has 3 rings (SSSR count). The minimum Gasteiger partial charge on any atom is -0.377 e. The number of aromatic nitrogens is 5. The summed E-state index contributed by atoms with van der Waals surface area (Å²) in [6.45, 7) is 5.27. The molecule has 0 unspecified atom stereocenters. The molecule has 0 aliphatic carbocycles. The second kappa shape index (κ2) is 7.43. The standard InChI is InChI=1S/C17H22N6O2/c1-12(2)23(10-16-18-7-8-22(16)3)15-6-5-13(9-19-15)17-20-14(11-24-4)21-25-17/h5-9,12H,10-11H2,1-4H3. The van der Waals surface area contributed by atoms with Gasteiger partial charge >= 0.3 is 0 Å². The third kappa shape index (κ3) is 3.85. The quantitative estimate of drug-likeness (QED) is 0.652. The number of nitrogens with zero attached hydrogens (tertiary/aromatic N) is 6. The monoisotopic (exact) mass is 342 g/mol. The van der Waals surface area contributed by atoms with Crippen molar-refractivity contribution in [3.05, 3.63) is 42.4 Å². The zero-order valence-corrected chi connectivity index (χ0v) is 14.9. The highest BCUT2D eigenvalue weighted by Gasteiger charge is 2.16. The predicted molar refractivity (Wildman–Crippen MR) is 92.8 cm³/mol. The van der Waals surface area contributed by atoms with E-state index in [-0.39, 0.29) is 6.04 Å². The van der Waals surface area contributed by atoms with Gasteiger partial charge in [0.1, 0.15) is 18.2 Å². The van der Waals surface area contributed by atoms with Crippen molar-refractivity contribution in [1.82, 2.24) is 24.7 Å². The van der Waals surface area contributed by atoms with Crippen molar-refractivity contribution in [1.29, 1.82) is 0 Å². The molecule has 3 aromatic rings. The van der Waals surface area contributed by atoms with Gasteiger partial charge in [-0.2, -0.15) is 4.98 Å². The average Bonchev–Trinajstić information content (AvgIpc) is 3.22. The molecule has 132 valence electrons. The lowest BCUT2D eigenvalue weighted by Gasteiger charge is -2.27. The SMILES string of the molecule is COCc1noc(-c2ccc(N(Cc3nccn3C)C(C)C)nc2)n1. The summed E-state index contributed by atoms with van der Waals surface area (Å²) in [5.41, 5.74) is 0.777. The summed E-state index contributed by atoms with van der Waals surface area (Å²) in [6.07, 6.45) is 5.49. The van der Waals surface area contributed by atoms with Crippen LogP contribution in [0.4, 0.5) is 5.82 Å². The first-order valence-electron chi connectivity index (χ1n) is 8.09. The number of pyridine rings is 1. The van der Waals surface area contributed by atoms with Crippen LogP contribution in [0.25, 0.3) is 11.5 Å². The molecule has 0 saturated heterocycles. The van der Waals surface area contributed by atoms with E-state index >= 15 is 0 Å². The first-order chi connectivity index (χ1) is 12.1. The van der Waals surface area contributed by atoms with Crippen LogP contribution in [0.5, 0.6) is 0 Å². The van der Waals surface area contributed by atoms with Crippen LogP contribution in [-0.4, -0.2) is 37.8 Å². The molecule has 0 atom stereocenters. The van der Waals surface area contributed by atoms with E-state index < -0.39 is 0 Å². The van der Waals surface area contributed by atoms with Gasteiger partial charge in [0.05, 0.1) is 12.1 Å². The molecule has 0 N–H and O–H groups in total. The maximum Gasteiger partial charge on any atom is 0.259 e. The highest BCUT2D eigenvalue weighted by Crippen LogP contribution is 2.22. The minimum atomic E-state index is 0.284. The van der Waals surface area contributed by atoms with Gasteiger partial charge < -0.3 is 18.7 Å². The van der Waals surface area contributed by atoms with E-state index in [9.17, 15) is 0 Å². The van der Waals surface area contributed by atoms with Crippen LogP contribution in [0.1, 0.15) is 25.5 Å². The third-order valence-electron chi connectivity index (χ3n) is 3.89. The van der Waals surface area contributed by atoms with Crippen LogP contribution in [0.3, 0.4) is 0 Å². The van der Waals surface area contributed by atoms with E-state index in [4.69, 9.17) is 9.26 Å². The lowest BCUT2D eigenvalue weighted by molar-refractivity contribution is 0.174. The number of aryl methyl sites for hydroxylation is 1. The maximum absolute atomic E-state index is 5.24. The Morgan fingerprint density at radius 1 is 1.28 bits per heavy atom. The normalized spacial score (nSPS) is 11.2. The number of ether oxygens (including phenoxy) is 1. The minimum absolute atomic E-state index is 0.284. The lowest BCUT2D eigenvalue weighted by Crippen LogP contribution is -2.32. The Bertz CT molecular complexity index is 809. The lowest BCUT2D eigenvalue weighted by atomic mass is 10.2. The van der Waals surface area contributed by atoms with E-state index in [1.54, 1.807) is 19.5 Å². The zero-order chi connectivity index (χ0) is 17.8. The van der Waals surface area contributed by atoms with Crippen molar-refractivity contribution in [2.45, 2.75) is 33.0 Å². The number of hydrogen-bond acceptors (Lipinski definition) is 7. The van der Waals surface area contributed by atoms with Crippen LogP contribution in [-0.2, 0) is 24.9 Å². The smallest absolute Gasteiger partial charge is 0.259 e. The highest BCUT2D eigenvalue weighted by molar-refractivity contribution is 5.54. The summed E-state index contributed by atoms with van der Waals surface area (Å²) in [5, 5.41) is 3.87. The van der Waals surface area contributed by atoms with Crippen LogP contribution < -0.4 is 4.90 Å². The average molecular weight is 342 g/mol. The Hall–Kier alpha value is -2.74. The molecule has 25 heavy (non-hydrogen) atoms. The molecular weight excluding hydrogens is 320 g/mol. The largest absolute Gasteiger partial charge is 0.377 e. The van der Waals surface area contributed by atoms with Crippen molar-refractivity contribution in [2.24, 2.45) is 7.05 Å². The summed E-state index contributed by atoms with van der Waals surface area (Å²) in [5.74, 6) is 2.81. The van der Waals surface area contributed by atoms with Gasteiger partial charge in [0.25, 0.3) is 5.89 Å². The van der Waals surface area contributed by atoms with Crippen molar-refractivity contribution in [2.75, 3.05) is 12.0 Å². The molecule has 8 nitrogen and oxygen atoms in total. The molecule has 0 fully saturated rings. The van der Waals surface area contributed by atoms with Gasteiger partial charge in [-0.25, -0.2) is 9.97 Å². The summed E-state index contributed by atoms with van der Waals surface area (Å²) < 4.78 is 12.3. The van der Waals surface area contributed by atoms with E-state index in [0.29, 0.717) is 24.9 Å². The van der Waals surface area contributed by atoms with Crippen LogP contribution in [0.15, 0.2) is 35.2 Å². The van der Waals surface area contributed by atoms with Gasteiger partial charge in [0.2, 0.25) is 0 Å². The fourth-order valence-corrected chi connectivity index (χ4v) is 2.47. The molecule has 0 aromatic carbocycles. The number of methoxy groups -OCH3 is 1. The first-order valence-corrected chi connectivity index (χ1v) is 8.09. The molecule has 0 bridgehead atoms. The van der Waals surface area contributed by atoms with E-state index in [2.05, 4.69) is 38.9 Å². The van der Waals surface area contributed by atoms with Gasteiger partial charge in [0, 0.05) is 38.8 Å². The van der Waals surface area contributed by atoms with Crippen molar-refractivity contribution < 1.29 is 9.26 Å². The summed E-state index contributed by atoms with van der Waals surface area (Å²) in [4.78, 5) is 15.4. The summed E-state index contributed by atoms with van der Waals surface area (Å²) in [7, 11) is 3.58. The Morgan fingerprint density at radius 2 is 2.12 bits per heavy atom. The van der Waals surface area contributed by atoms with Gasteiger partial charge in [-0.3, -0.25) is 0 Å². The Morgan fingerprint density at radius 3 is 2.72 bits per heavy atom. The van der Waals surface area contributed by atoms with Crippen molar-refractivity contribution >= 4 is 5.82 Å². The van der Waals surface area contributed by atoms with Gasteiger partial charge in [-0.05, 0) is 26.0 Å². The van der Waals surface area contributed by atoms with E-state index in [1.807, 2.05) is 29.9 Å². The molecule has 0 amide bonds. The fraction of sp³-hybridized carbons (Fsp3) is 0.412. The third-order valence-corrected chi connectivity index (χ3v) is 3.89. The number of rotatable bonds is 7. The molecule has 0 radical (unpaired) electrons. The predicted octanol–water partition coefficient (Wildman–Crippen LogP) is 2.43. The second-order valence-electron chi connectivity index (χ2n) is 6.03. The molecule has 3 heterocycles. The molecule has 0 aliphatic rings. The number of imidazole rings is 1. The van der Waals surface area contributed by atoms with Gasteiger partial charge in [-0.15, -0.1) is 0 Å². The molecule has 3 aromatic heterocycles. The highest BCUT2D eigenvalue weighted by atomic mass is 16.5. The van der Waals surface area contributed by atoms with Gasteiger partial charge in [0.15, 0.2) is 5.82 Å². The Balaban J connectivity index is 1.80. The Kier molecular flexibility index (Phi) is 5.08. The van der Waals surface area contributed by atoms with Crippen molar-refractivity contribution in [3.63, 3.8) is 0 Å². The molecule has 0 aliphatic heterocycles. The molecule has 0 saturated carbocycles. The number of hydrogen-bond donors (Lipinski definition) is 0. The maximum atomic E-state index is 5.24. The summed E-state index contributed by atoms with van der Waals surface area (Å²) >= 11 is 0. The number of anilines is 1. The van der Waals surface area contributed by atoms with Crippen LogP contribution >= 0.6 is 0 Å². The van der Waals surface area contributed by atoms with Gasteiger partial charge in [-0.1, -0.05) is 5.16 Å². The zero-order valence-electron chi connectivity index (χ0n) is 14.9. The molecule has 0 spiro atoms. The van der Waals surface area contributed by atoms with Crippen LogP contribution in [0.2, 0.25) is 0 Å². The summed E-state index contributed by atoms with van der Waals surface area (Å²) in [6, 6.07) is 4.17. The Labute approximate surface area is 146 Å². The second-order valence-corrected chi connectivity index (χ2v) is 6.03. The fourth-order valence-electron chi connectivity index (χ4n) is 2.47. The van der Waals surface area contributed by atoms with Crippen molar-refractivity contribution in [3.8, 4) is 11.5 Å². The first kappa shape index (κ1) is 17.1. The molecular formula is C17H22N6O2.